The first-order chi connectivity index (χ1) is 17.0. The maximum atomic E-state index is 14.2. The molecule has 0 aliphatic carbocycles. The molecule has 5 rings (SSSR count). The van der Waals surface area contributed by atoms with E-state index in [0.717, 1.165) is 30.5 Å². The molecule has 2 N–H and O–H groups in total. The van der Waals surface area contributed by atoms with E-state index in [0.29, 0.717) is 24.3 Å². The van der Waals surface area contributed by atoms with E-state index in [2.05, 4.69) is 10.2 Å². The molecule has 35 heavy (non-hydrogen) atoms. The molecule has 2 aliphatic rings. The number of hydrogen-bond donors (Lipinski definition) is 2. The average molecular weight is 478 g/mol. The Morgan fingerprint density at radius 3 is 2.49 bits per heavy atom. The van der Waals surface area contributed by atoms with Crippen molar-refractivity contribution in [1.82, 2.24) is 9.80 Å². The van der Waals surface area contributed by atoms with Crippen LogP contribution in [-0.4, -0.2) is 59.3 Å². The van der Waals surface area contributed by atoms with Crippen molar-refractivity contribution in [3.8, 4) is 11.1 Å². The van der Waals surface area contributed by atoms with Crippen molar-refractivity contribution in [3.63, 3.8) is 0 Å². The normalized spacial score (nSPS) is 22.5. The van der Waals surface area contributed by atoms with Gasteiger partial charge in [-0.25, -0.2) is 13.6 Å². The van der Waals surface area contributed by atoms with Gasteiger partial charge in [0.15, 0.2) is 0 Å². The van der Waals surface area contributed by atoms with E-state index in [1.165, 1.54) is 18.2 Å². The van der Waals surface area contributed by atoms with Crippen molar-refractivity contribution in [2.75, 3.05) is 31.6 Å². The Hall–Kier alpha value is -3.29. The van der Waals surface area contributed by atoms with E-state index in [9.17, 15) is 18.7 Å². The maximum Gasteiger partial charge on any atom is 0.321 e. The summed E-state index contributed by atoms with van der Waals surface area (Å²) >= 11 is 0. The molecule has 5 nitrogen and oxygen atoms in total. The minimum atomic E-state index is -0.398. The highest BCUT2D eigenvalue weighted by atomic mass is 19.1. The fraction of sp³-hybridized carbons (Fsp3) is 0.321. The molecule has 0 spiro atoms. The standard InChI is InChI=1S/C28H29F2N3O2/c29-21-6-5-7-22(16-21)31-28(35)32-14-3-4-15-33-25(17-32)27(26(33)18-34)20-12-10-19(11-13-20)23-8-1-2-9-24(23)30/h1-2,5-13,16,25-27,34H,3-4,14-15,17-18H2,(H,31,35)/t25-,26+,27-/m0/s1. The van der Waals surface area contributed by atoms with Crippen LogP contribution in [-0.2, 0) is 0 Å². The Labute approximate surface area is 204 Å². The summed E-state index contributed by atoms with van der Waals surface area (Å²) in [4.78, 5) is 17.1. The number of aliphatic hydroxyl groups excluding tert-OH is 1. The van der Waals surface area contributed by atoms with Gasteiger partial charge in [-0.2, -0.15) is 0 Å². The lowest BCUT2D eigenvalue weighted by Gasteiger charge is -2.57. The van der Waals surface area contributed by atoms with Crippen molar-refractivity contribution in [3.05, 3.63) is 90.0 Å². The van der Waals surface area contributed by atoms with Crippen LogP contribution < -0.4 is 5.32 Å². The van der Waals surface area contributed by atoms with E-state index < -0.39 is 5.82 Å². The van der Waals surface area contributed by atoms with E-state index in [-0.39, 0.29) is 36.5 Å². The van der Waals surface area contributed by atoms with Gasteiger partial charge in [-0.15, -0.1) is 0 Å². The van der Waals surface area contributed by atoms with Crippen molar-refractivity contribution in [2.45, 2.75) is 30.8 Å². The predicted octanol–water partition coefficient (Wildman–Crippen LogP) is 5.09. The first-order valence-electron chi connectivity index (χ1n) is 12.1. The summed E-state index contributed by atoms with van der Waals surface area (Å²) in [5, 5.41) is 13.0. The molecule has 3 aromatic rings. The minimum Gasteiger partial charge on any atom is -0.395 e. The van der Waals surface area contributed by atoms with Crippen molar-refractivity contribution >= 4 is 11.7 Å². The fourth-order valence-electron chi connectivity index (χ4n) is 5.47. The van der Waals surface area contributed by atoms with Crippen molar-refractivity contribution < 1.29 is 18.7 Å². The Morgan fingerprint density at radius 2 is 1.74 bits per heavy atom. The third kappa shape index (κ3) is 4.79. The number of carbonyl (C=O) groups is 1. The summed E-state index contributed by atoms with van der Waals surface area (Å²) in [6, 6.07) is 20.2. The predicted molar refractivity (Wildman–Crippen MR) is 132 cm³/mol. The Balaban J connectivity index is 1.35. The van der Waals surface area contributed by atoms with Gasteiger partial charge in [0.05, 0.1) is 6.61 Å². The van der Waals surface area contributed by atoms with Crippen LogP contribution in [0.5, 0.6) is 0 Å². The Bertz CT molecular complexity index is 1190. The molecule has 2 aliphatic heterocycles. The first-order valence-corrected chi connectivity index (χ1v) is 12.1. The van der Waals surface area contributed by atoms with Crippen molar-refractivity contribution in [1.29, 1.82) is 0 Å². The second-order valence-corrected chi connectivity index (χ2v) is 9.28. The second-order valence-electron chi connectivity index (χ2n) is 9.28. The Morgan fingerprint density at radius 1 is 0.971 bits per heavy atom. The monoisotopic (exact) mass is 477 g/mol. The topological polar surface area (TPSA) is 55.8 Å². The van der Waals surface area contributed by atoms with Gasteiger partial charge in [-0.3, -0.25) is 4.90 Å². The molecule has 7 heteroatoms. The zero-order valence-corrected chi connectivity index (χ0v) is 19.4. The molecule has 0 unspecified atom stereocenters. The van der Waals surface area contributed by atoms with Crippen LogP contribution in [0.25, 0.3) is 11.1 Å². The number of aliphatic hydroxyl groups is 1. The van der Waals surface area contributed by atoms with Gasteiger partial charge in [-0.1, -0.05) is 48.5 Å². The number of carbonyl (C=O) groups excluding carboxylic acids is 1. The molecule has 2 fully saturated rings. The molecule has 2 heterocycles. The smallest absolute Gasteiger partial charge is 0.321 e. The van der Waals surface area contributed by atoms with E-state index in [4.69, 9.17) is 0 Å². The van der Waals surface area contributed by atoms with Crippen molar-refractivity contribution in [2.24, 2.45) is 0 Å². The van der Waals surface area contributed by atoms with Gasteiger partial charge >= 0.3 is 6.03 Å². The number of benzene rings is 3. The molecule has 2 saturated heterocycles. The summed E-state index contributed by atoms with van der Waals surface area (Å²) in [5.41, 5.74) is 2.85. The molecule has 0 saturated carbocycles. The van der Waals surface area contributed by atoms with Crippen LogP contribution in [0, 0.1) is 11.6 Å². The van der Waals surface area contributed by atoms with Gasteiger partial charge in [0.25, 0.3) is 0 Å². The van der Waals surface area contributed by atoms with Crippen LogP contribution in [0.3, 0.4) is 0 Å². The molecule has 0 aromatic heterocycles. The van der Waals surface area contributed by atoms with Crippen LogP contribution in [0.4, 0.5) is 19.3 Å². The SMILES string of the molecule is O=C(Nc1cccc(F)c1)N1CCCCN2[C@H](CO)[C@@H](c3ccc(-c4ccccc4F)cc3)[C@@H]2C1. The van der Waals surface area contributed by atoms with E-state index >= 15 is 0 Å². The molecular formula is C28H29F2N3O2. The third-order valence-electron chi connectivity index (χ3n) is 7.21. The number of urea groups is 1. The lowest BCUT2D eigenvalue weighted by Crippen LogP contribution is -2.68. The summed E-state index contributed by atoms with van der Waals surface area (Å²) in [6.45, 7) is 2.04. The largest absolute Gasteiger partial charge is 0.395 e. The quantitative estimate of drug-likeness (QED) is 0.551. The van der Waals surface area contributed by atoms with E-state index in [1.54, 1.807) is 29.2 Å². The average Bonchev–Trinajstić information content (AvgIpc) is 2.84. The molecule has 3 atom stereocenters. The summed E-state index contributed by atoms with van der Waals surface area (Å²) in [6.07, 6.45) is 1.79. The maximum absolute atomic E-state index is 14.2. The molecular weight excluding hydrogens is 448 g/mol. The van der Waals surface area contributed by atoms with Gasteiger partial charge in [-0.05, 0) is 54.8 Å². The number of rotatable bonds is 4. The number of fused-ring (bicyclic) bond motifs is 1. The number of amides is 2. The zero-order chi connectivity index (χ0) is 24.4. The minimum absolute atomic E-state index is 0.0226. The lowest BCUT2D eigenvalue weighted by molar-refractivity contribution is -0.0585. The summed E-state index contributed by atoms with van der Waals surface area (Å²) in [7, 11) is 0. The van der Waals surface area contributed by atoms with E-state index in [1.807, 2.05) is 30.3 Å². The third-order valence-corrected chi connectivity index (χ3v) is 7.21. The highest BCUT2D eigenvalue weighted by Gasteiger charge is 2.49. The summed E-state index contributed by atoms with van der Waals surface area (Å²) in [5.74, 6) is -0.606. The Kier molecular flexibility index (Phi) is 6.79. The molecule has 0 radical (unpaired) electrons. The van der Waals surface area contributed by atoms with Crippen LogP contribution in [0.2, 0.25) is 0 Å². The summed E-state index contributed by atoms with van der Waals surface area (Å²) < 4.78 is 27.8. The second kappa shape index (κ2) is 10.1. The number of nitrogens with zero attached hydrogens (tertiary/aromatic N) is 2. The molecule has 0 bridgehead atoms. The highest BCUT2D eigenvalue weighted by Crippen LogP contribution is 2.42. The van der Waals surface area contributed by atoms with Crippen LogP contribution in [0.15, 0.2) is 72.8 Å². The zero-order valence-electron chi connectivity index (χ0n) is 19.4. The fourth-order valence-corrected chi connectivity index (χ4v) is 5.47. The first kappa shape index (κ1) is 23.5. The van der Waals surface area contributed by atoms with Crippen LogP contribution >= 0.6 is 0 Å². The number of nitrogens with one attached hydrogen (secondary N) is 1. The molecule has 182 valence electrons. The number of hydrogen-bond acceptors (Lipinski definition) is 3. The van der Waals surface area contributed by atoms with Gasteiger partial charge in [0.1, 0.15) is 11.6 Å². The van der Waals surface area contributed by atoms with Gasteiger partial charge in [0.2, 0.25) is 0 Å². The molecule has 3 aromatic carbocycles. The highest BCUT2D eigenvalue weighted by molar-refractivity contribution is 5.89. The number of halogens is 2. The molecule has 2 amide bonds. The van der Waals surface area contributed by atoms with Gasteiger partial charge in [0, 0.05) is 42.3 Å². The number of anilines is 1. The van der Waals surface area contributed by atoms with Crippen LogP contribution in [0.1, 0.15) is 24.3 Å². The van der Waals surface area contributed by atoms with Gasteiger partial charge < -0.3 is 15.3 Å². The lowest BCUT2D eigenvalue weighted by atomic mass is 9.74.